The van der Waals surface area contributed by atoms with Gasteiger partial charge >= 0.3 is 0 Å². The first-order chi connectivity index (χ1) is 9.22. The Balaban J connectivity index is 1.87. The highest BCUT2D eigenvalue weighted by molar-refractivity contribution is 8.00. The summed E-state index contributed by atoms with van der Waals surface area (Å²) in [6.45, 7) is 4.37. The van der Waals surface area contributed by atoms with Crippen molar-refractivity contribution in [1.29, 1.82) is 0 Å². The van der Waals surface area contributed by atoms with Gasteiger partial charge < -0.3 is 9.64 Å². The lowest BCUT2D eigenvalue weighted by atomic mass is 10.3. The minimum absolute atomic E-state index is 0.135. The number of nitrogens with zero attached hydrogens (tertiary/aromatic N) is 1. The highest BCUT2D eigenvalue weighted by Crippen LogP contribution is 2.42. The van der Waals surface area contributed by atoms with E-state index in [0.29, 0.717) is 5.75 Å². The van der Waals surface area contributed by atoms with Crippen molar-refractivity contribution >= 4 is 40.6 Å². The minimum atomic E-state index is 0.135. The Bertz CT molecular complexity index is 425. The molecular formula is C13H18ClNO2S2. The standard InChI is InChI=1S/C13H18ClNO2S2/c1-2-7-17-8-3-6-15-12(16)9-18-13(15)10-4-5-11(14)19-10/h4-5,13H,2-3,6-9H2,1H3. The van der Waals surface area contributed by atoms with Crippen molar-refractivity contribution in [3.8, 4) is 0 Å². The molecule has 0 aliphatic carbocycles. The maximum atomic E-state index is 11.9. The van der Waals surface area contributed by atoms with E-state index in [4.69, 9.17) is 16.3 Å². The van der Waals surface area contributed by atoms with Gasteiger partial charge in [0.1, 0.15) is 5.37 Å². The van der Waals surface area contributed by atoms with Crippen molar-refractivity contribution in [2.45, 2.75) is 25.1 Å². The fourth-order valence-corrected chi connectivity index (χ4v) is 4.49. The number of amides is 1. The zero-order valence-electron chi connectivity index (χ0n) is 10.9. The highest BCUT2D eigenvalue weighted by atomic mass is 35.5. The third-order valence-corrected chi connectivity index (χ3v) is 5.51. The topological polar surface area (TPSA) is 29.5 Å². The van der Waals surface area contributed by atoms with Gasteiger partial charge in [0.2, 0.25) is 5.91 Å². The first-order valence-corrected chi connectivity index (χ1v) is 8.70. The van der Waals surface area contributed by atoms with Gasteiger partial charge in [0.25, 0.3) is 0 Å². The molecule has 1 amide bonds. The molecule has 3 nitrogen and oxygen atoms in total. The average molecular weight is 320 g/mol. The summed E-state index contributed by atoms with van der Waals surface area (Å²) in [5.41, 5.74) is 0. The van der Waals surface area contributed by atoms with E-state index in [-0.39, 0.29) is 11.3 Å². The normalized spacial score (nSPS) is 19.4. The molecule has 106 valence electrons. The van der Waals surface area contributed by atoms with E-state index in [1.165, 1.54) is 0 Å². The van der Waals surface area contributed by atoms with Gasteiger partial charge in [-0.3, -0.25) is 4.79 Å². The monoisotopic (exact) mass is 319 g/mol. The van der Waals surface area contributed by atoms with Crippen molar-refractivity contribution in [1.82, 2.24) is 4.90 Å². The molecule has 1 aromatic heterocycles. The summed E-state index contributed by atoms with van der Waals surface area (Å²) < 4.78 is 6.24. The van der Waals surface area contributed by atoms with Crippen LogP contribution >= 0.6 is 34.7 Å². The largest absolute Gasteiger partial charge is 0.381 e. The maximum absolute atomic E-state index is 11.9. The van der Waals surface area contributed by atoms with E-state index < -0.39 is 0 Å². The SMILES string of the molecule is CCCOCCCN1C(=O)CSC1c1ccc(Cl)s1. The maximum Gasteiger partial charge on any atom is 0.233 e. The summed E-state index contributed by atoms with van der Waals surface area (Å²) in [6, 6.07) is 3.91. The van der Waals surface area contributed by atoms with Crippen molar-refractivity contribution < 1.29 is 9.53 Å². The fraction of sp³-hybridized carbons (Fsp3) is 0.615. The van der Waals surface area contributed by atoms with Crippen LogP contribution in [-0.4, -0.2) is 36.3 Å². The molecule has 1 unspecified atom stereocenters. The summed E-state index contributed by atoms with van der Waals surface area (Å²) in [5, 5.41) is 0.135. The quantitative estimate of drug-likeness (QED) is 0.716. The molecule has 0 radical (unpaired) electrons. The average Bonchev–Trinajstić information content (AvgIpc) is 2.96. The Labute approximate surface area is 127 Å². The molecule has 0 aromatic carbocycles. The summed E-state index contributed by atoms with van der Waals surface area (Å²) in [6.07, 6.45) is 1.93. The predicted octanol–water partition coefficient (Wildman–Crippen LogP) is 3.79. The van der Waals surface area contributed by atoms with Crippen LogP contribution in [0, 0.1) is 0 Å². The van der Waals surface area contributed by atoms with Crippen LogP contribution in [0.15, 0.2) is 12.1 Å². The van der Waals surface area contributed by atoms with E-state index >= 15 is 0 Å². The van der Waals surface area contributed by atoms with Crippen molar-refractivity contribution in [2.75, 3.05) is 25.5 Å². The number of halogens is 1. The van der Waals surface area contributed by atoms with Crippen molar-refractivity contribution in [3.63, 3.8) is 0 Å². The molecule has 2 heterocycles. The van der Waals surface area contributed by atoms with Gasteiger partial charge in [-0.25, -0.2) is 0 Å². The Hall–Kier alpha value is -0.230. The third-order valence-electron chi connectivity index (χ3n) is 2.84. The van der Waals surface area contributed by atoms with Crippen LogP contribution in [0.25, 0.3) is 0 Å². The van der Waals surface area contributed by atoms with Gasteiger partial charge in [0.15, 0.2) is 0 Å². The number of ether oxygens (including phenoxy) is 1. The highest BCUT2D eigenvalue weighted by Gasteiger charge is 2.33. The number of hydrogen-bond donors (Lipinski definition) is 0. The van der Waals surface area contributed by atoms with Gasteiger partial charge in [-0.1, -0.05) is 18.5 Å². The van der Waals surface area contributed by atoms with Gasteiger partial charge in [-0.2, -0.15) is 0 Å². The first kappa shape index (κ1) is 15.2. The van der Waals surface area contributed by atoms with E-state index in [1.54, 1.807) is 23.1 Å². The number of carbonyl (C=O) groups is 1. The third kappa shape index (κ3) is 4.12. The van der Waals surface area contributed by atoms with Gasteiger partial charge in [0.05, 0.1) is 10.1 Å². The smallest absolute Gasteiger partial charge is 0.233 e. The van der Waals surface area contributed by atoms with Crippen LogP contribution in [0.4, 0.5) is 0 Å². The molecule has 0 spiro atoms. The second-order valence-electron chi connectivity index (χ2n) is 4.36. The first-order valence-electron chi connectivity index (χ1n) is 6.46. The Morgan fingerprint density at radius 3 is 3.00 bits per heavy atom. The second kappa shape index (κ2) is 7.53. The second-order valence-corrected chi connectivity index (χ2v) is 7.17. The van der Waals surface area contributed by atoms with Crippen LogP contribution < -0.4 is 0 Å². The zero-order chi connectivity index (χ0) is 13.7. The lowest BCUT2D eigenvalue weighted by molar-refractivity contribution is -0.128. The molecule has 6 heteroatoms. The summed E-state index contributed by atoms with van der Waals surface area (Å²) in [7, 11) is 0. The number of hydrogen-bond acceptors (Lipinski definition) is 4. The van der Waals surface area contributed by atoms with E-state index in [2.05, 4.69) is 6.92 Å². The summed E-state index contributed by atoms with van der Waals surface area (Å²) in [5.74, 6) is 0.783. The summed E-state index contributed by atoms with van der Waals surface area (Å²) in [4.78, 5) is 15.0. The number of carbonyl (C=O) groups excluding carboxylic acids is 1. The molecule has 1 aliphatic rings. The van der Waals surface area contributed by atoms with Crippen LogP contribution in [0.1, 0.15) is 30.0 Å². The van der Waals surface area contributed by atoms with Crippen LogP contribution in [-0.2, 0) is 9.53 Å². The lowest BCUT2D eigenvalue weighted by Gasteiger charge is -2.22. The molecule has 1 fully saturated rings. The van der Waals surface area contributed by atoms with Gasteiger partial charge in [-0.05, 0) is 25.0 Å². The van der Waals surface area contributed by atoms with Crippen LogP contribution in [0.5, 0.6) is 0 Å². The van der Waals surface area contributed by atoms with Gasteiger partial charge in [-0.15, -0.1) is 23.1 Å². The molecule has 0 bridgehead atoms. The molecule has 2 rings (SSSR count). The number of thiophene rings is 1. The number of thioether (sulfide) groups is 1. The van der Waals surface area contributed by atoms with E-state index in [9.17, 15) is 4.79 Å². The number of rotatable bonds is 7. The van der Waals surface area contributed by atoms with E-state index in [0.717, 1.165) is 41.8 Å². The molecule has 19 heavy (non-hydrogen) atoms. The summed E-state index contributed by atoms with van der Waals surface area (Å²) >= 11 is 9.21. The molecule has 1 aromatic rings. The molecule has 0 saturated carbocycles. The van der Waals surface area contributed by atoms with Crippen LogP contribution in [0.3, 0.4) is 0 Å². The van der Waals surface area contributed by atoms with Gasteiger partial charge in [0, 0.05) is 24.6 Å². The van der Waals surface area contributed by atoms with Crippen LogP contribution in [0.2, 0.25) is 4.34 Å². The predicted molar refractivity (Wildman–Crippen MR) is 82.0 cm³/mol. The van der Waals surface area contributed by atoms with E-state index in [1.807, 2.05) is 17.0 Å². The zero-order valence-corrected chi connectivity index (χ0v) is 13.3. The molecule has 0 N–H and O–H groups in total. The molecule has 1 saturated heterocycles. The lowest BCUT2D eigenvalue weighted by Crippen LogP contribution is -2.29. The fourth-order valence-electron chi connectivity index (χ4n) is 1.98. The Kier molecular flexibility index (Phi) is 6.01. The molecular weight excluding hydrogens is 302 g/mol. The Morgan fingerprint density at radius 2 is 2.32 bits per heavy atom. The van der Waals surface area contributed by atoms with Crippen molar-refractivity contribution in [3.05, 3.63) is 21.3 Å². The molecule has 1 aliphatic heterocycles. The minimum Gasteiger partial charge on any atom is -0.381 e. The molecule has 1 atom stereocenters. The Morgan fingerprint density at radius 1 is 1.47 bits per heavy atom. The van der Waals surface area contributed by atoms with Crippen molar-refractivity contribution in [2.24, 2.45) is 0 Å².